The number of carbonyl (C=O) groups excluding carboxylic acids is 1. The summed E-state index contributed by atoms with van der Waals surface area (Å²) < 4.78 is 0.728. The molecule has 0 radical (unpaired) electrons. The summed E-state index contributed by atoms with van der Waals surface area (Å²) in [5.74, 6) is 0.449. The average Bonchev–Trinajstić information content (AvgIpc) is 2.39. The first-order valence-corrected chi connectivity index (χ1v) is 7.71. The van der Waals surface area contributed by atoms with Gasteiger partial charge in [0.25, 0.3) is 5.91 Å². The van der Waals surface area contributed by atoms with Crippen LogP contribution in [0.2, 0.25) is 5.02 Å². The number of amides is 1. The number of nitrogens with one attached hydrogen (secondary N) is 2. The highest BCUT2D eigenvalue weighted by atomic mass is 79.9. The van der Waals surface area contributed by atoms with Crippen LogP contribution in [0.25, 0.3) is 0 Å². The lowest BCUT2D eigenvalue weighted by Gasteiger charge is -2.29. The zero-order valence-corrected chi connectivity index (χ0v) is 13.2. The third-order valence-corrected chi connectivity index (χ3v) is 4.47. The van der Waals surface area contributed by atoms with Crippen molar-refractivity contribution in [3.8, 4) is 0 Å². The molecule has 1 aromatic carbocycles. The van der Waals surface area contributed by atoms with E-state index in [1.807, 2.05) is 0 Å². The molecular weight excluding hydrogens is 328 g/mol. The van der Waals surface area contributed by atoms with Gasteiger partial charge in [-0.25, -0.2) is 0 Å². The van der Waals surface area contributed by atoms with Crippen LogP contribution in [-0.4, -0.2) is 25.0 Å². The minimum Gasteiger partial charge on any atom is -0.349 e. The Bertz CT molecular complexity index is 461. The zero-order valence-electron chi connectivity index (χ0n) is 10.9. The Kier molecular flexibility index (Phi) is 5.25. The van der Waals surface area contributed by atoms with Crippen LogP contribution in [0.15, 0.2) is 22.7 Å². The topological polar surface area (TPSA) is 41.1 Å². The fourth-order valence-electron chi connectivity index (χ4n) is 2.38. The molecule has 1 aliphatic rings. The maximum absolute atomic E-state index is 12.2. The van der Waals surface area contributed by atoms with Crippen LogP contribution in [0.4, 0.5) is 0 Å². The van der Waals surface area contributed by atoms with E-state index in [1.165, 1.54) is 6.42 Å². The lowest BCUT2D eigenvalue weighted by Crippen LogP contribution is -2.44. The molecule has 2 N–H and O–H groups in total. The van der Waals surface area contributed by atoms with Crippen LogP contribution in [0.5, 0.6) is 0 Å². The van der Waals surface area contributed by atoms with Crippen LogP contribution < -0.4 is 10.6 Å². The minimum atomic E-state index is -0.0541. The normalized spacial score (nSPS) is 20.9. The summed E-state index contributed by atoms with van der Waals surface area (Å²) in [5.41, 5.74) is 0.625. The monoisotopic (exact) mass is 344 g/mol. The Morgan fingerprint density at radius 1 is 1.58 bits per heavy atom. The van der Waals surface area contributed by atoms with Crippen molar-refractivity contribution >= 4 is 33.4 Å². The predicted molar refractivity (Wildman–Crippen MR) is 81.7 cm³/mol. The second-order valence-corrected chi connectivity index (χ2v) is 6.28. The van der Waals surface area contributed by atoms with Gasteiger partial charge in [0.15, 0.2) is 0 Å². The fraction of sp³-hybridized carbons (Fsp3) is 0.500. The minimum absolute atomic E-state index is 0.0541. The number of hydrogen-bond donors (Lipinski definition) is 2. The molecular formula is C14H18BrClN2O. The van der Waals surface area contributed by atoms with Gasteiger partial charge in [-0.3, -0.25) is 4.79 Å². The van der Waals surface area contributed by atoms with Crippen molar-refractivity contribution in [2.75, 3.05) is 13.1 Å². The Hall–Kier alpha value is -0.580. The standard InChI is InChI=1S/C14H18BrClN2O/c1-9(10-3-2-6-17-8-10)18-14(19)12-5-4-11(16)7-13(12)15/h4-5,7,9-10,17H,2-3,6,8H2,1H3,(H,18,19). The Balaban J connectivity index is 1.99. The highest BCUT2D eigenvalue weighted by Gasteiger charge is 2.22. The summed E-state index contributed by atoms with van der Waals surface area (Å²) in [5, 5.41) is 7.06. The summed E-state index contributed by atoms with van der Waals surface area (Å²) in [4.78, 5) is 12.2. The molecule has 0 spiro atoms. The Labute approximate surface area is 127 Å². The molecule has 2 atom stereocenters. The van der Waals surface area contributed by atoms with Crippen molar-refractivity contribution in [3.63, 3.8) is 0 Å². The van der Waals surface area contributed by atoms with E-state index in [0.717, 1.165) is 24.0 Å². The van der Waals surface area contributed by atoms with Gasteiger partial charge in [-0.05, 0) is 72.9 Å². The largest absolute Gasteiger partial charge is 0.349 e. The molecule has 19 heavy (non-hydrogen) atoms. The van der Waals surface area contributed by atoms with Crippen molar-refractivity contribution in [2.24, 2.45) is 5.92 Å². The third kappa shape index (κ3) is 3.94. The SMILES string of the molecule is CC(NC(=O)c1ccc(Cl)cc1Br)C1CCCNC1. The van der Waals surface area contributed by atoms with E-state index in [2.05, 4.69) is 33.5 Å². The maximum Gasteiger partial charge on any atom is 0.252 e. The molecule has 3 nitrogen and oxygen atoms in total. The van der Waals surface area contributed by atoms with Crippen molar-refractivity contribution in [1.29, 1.82) is 0 Å². The lowest BCUT2D eigenvalue weighted by molar-refractivity contribution is 0.0921. The highest BCUT2D eigenvalue weighted by molar-refractivity contribution is 9.10. The predicted octanol–water partition coefficient (Wildman–Crippen LogP) is 3.22. The van der Waals surface area contributed by atoms with Gasteiger partial charge in [-0.15, -0.1) is 0 Å². The molecule has 0 bridgehead atoms. The molecule has 1 saturated heterocycles. The van der Waals surface area contributed by atoms with Gasteiger partial charge in [-0.1, -0.05) is 11.6 Å². The molecule has 1 heterocycles. The van der Waals surface area contributed by atoms with E-state index in [-0.39, 0.29) is 11.9 Å². The van der Waals surface area contributed by atoms with Gasteiger partial charge in [0.1, 0.15) is 0 Å². The number of rotatable bonds is 3. The molecule has 104 valence electrons. The first-order chi connectivity index (χ1) is 9.08. The first-order valence-electron chi connectivity index (χ1n) is 6.54. The van der Waals surface area contributed by atoms with E-state index in [4.69, 9.17) is 11.6 Å². The Morgan fingerprint density at radius 2 is 2.37 bits per heavy atom. The molecule has 0 aromatic heterocycles. The third-order valence-electron chi connectivity index (χ3n) is 3.58. The van der Waals surface area contributed by atoms with Crippen LogP contribution in [0.3, 0.4) is 0 Å². The second kappa shape index (κ2) is 6.73. The fourth-order valence-corrected chi connectivity index (χ4v) is 3.24. The van der Waals surface area contributed by atoms with Crippen molar-refractivity contribution in [2.45, 2.75) is 25.8 Å². The number of halogens is 2. The second-order valence-electron chi connectivity index (χ2n) is 4.99. The molecule has 1 fully saturated rings. The molecule has 0 aliphatic carbocycles. The summed E-state index contributed by atoms with van der Waals surface area (Å²) in [6.07, 6.45) is 2.34. The van der Waals surface area contributed by atoms with Gasteiger partial charge in [0.2, 0.25) is 0 Å². The van der Waals surface area contributed by atoms with Crippen molar-refractivity contribution in [1.82, 2.24) is 10.6 Å². The van der Waals surface area contributed by atoms with Gasteiger partial charge in [0.05, 0.1) is 5.56 Å². The van der Waals surface area contributed by atoms with E-state index in [1.54, 1.807) is 18.2 Å². The number of carbonyl (C=O) groups is 1. The van der Waals surface area contributed by atoms with Crippen LogP contribution in [0, 0.1) is 5.92 Å². The van der Waals surface area contributed by atoms with Crippen LogP contribution in [0.1, 0.15) is 30.1 Å². The number of hydrogen-bond acceptors (Lipinski definition) is 2. The Morgan fingerprint density at radius 3 is 3.00 bits per heavy atom. The molecule has 5 heteroatoms. The molecule has 1 aliphatic heterocycles. The molecule has 2 rings (SSSR count). The van der Waals surface area contributed by atoms with Crippen LogP contribution >= 0.6 is 27.5 Å². The molecule has 2 unspecified atom stereocenters. The summed E-state index contributed by atoms with van der Waals surface area (Å²) >= 11 is 9.26. The lowest BCUT2D eigenvalue weighted by atomic mass is 9.92. The maximum atomic E-state index is 12.2. The first kappa shape index (κ1) is 14.8. The van der Waals surface area contributed by atoms with Crippen molar-refractivity contribution in [3.05, 3.63) is 33.3 Å². The van der Waals surface area contributed by atoms with Gasteiger partial charge >= 0.3 is 0 Å². The molecule has 1 amide bonds. The van der Waals surface area contributed by atoms with Crippen LogP contribution in [-0.2, 0) is 0 Å². The summed E-state index contributed by atoms with van der Waals surface area (Å²) in [6, 6.07) is 5.38. The van der Waals surface area contributed by atoms with E-state index in [9.17, 15) is 4.79 Å². The number of benzene rings is 1. The molecule has 1 aromatic rings. The van der Waals surface area contributed by atoms with E-state index >= 15 is 0 Å². The average molecular weight is 346 g/mol. The van der Waals surface area contributed by atoms with Crippen molar-refractivity contribution < 1.29 is 4.79 Å². The summed E-state index contributed by atoms with van der Waals surface area (Å²) in [7, 11) is 0. The van der Waals surface area contributed by atoms with Gasteiger partial charge in [0, 0.05) is 15.5 Å². The van der Waals surface area contributed by atoms with E-state index < -0.39 is 0 Å². The zero-order chi connectivity index (χ0) is 13.8. The van der Waals surface area contributed by atoms with Gasteiger partial charge in [-0.2, -0.15) is 0 Å². The molecule has 0 saturated carbocycles. The smallest absolute Gasteiger partial charge is 0.252 e. The summed E-state index contributed by atoms with van der Waals surface area (Å²) in [6.45, 7) is 4.13. The highest BCUT2D eigenvalue weighted by Crippen LogP contribution is 2.22. The quantitative estimate of drug-likeness (QED) is 0.883. The van der Waals surface area contributed by atoms with E-state index in [0.29, 0.717) is 16.5 Å². The van der Waals surface area contributed by atoms with Gasteiger partial charge < -0.3 is 10.6 Å². The number of piperidine rings is 1.